The van der Waals surface area contributed by atoms with Crippen LogP contribution in [0.15, 0.2) is 35.9 Å². The molecule has 2 N–H and O–H groups in total. The fourth-order valence-corrected chi connectivity index (χ4v) is 3.45. The molecular weight excluding hydrogens is 355 g/mol. The smallest absolute Gasteiger partial charge is 0.244 e. The van der Waals surface area contributed by atoms with E-state index in [2.05, 4.69) is 6.07 Å². The molecule has 0 radical (unpaired) electrons. The van der Waals surface area contributed by atoms with E-state index in [0.29, 0.717) is 27.6 Å². The van der Waals surface area contributed by atoms with Gasteiger partial charge in [-0.15, -0.1) is 0 Å². The summed E-state index contributed by atoms with van der Waals surface area (Å²) in [6, 6.07) is 11.0. The quantitative estimate of drug-likeness (QED) is 0.718. The Morgan fingerprint density at radius 2 is 1.88 bits per heavy atom. The van der Waals surface area contributed by atoms with Gasteiger partial charge in [-0.3, -0.25) is 4.79 Å². The van der Waals surface area contributed by atoms with Crippen LogP contribution < -0.4 is 5.73 Å². The molecule has 0 aliphatic rings. The van der Waals surface area contributed by atoms with E-state index in [9.17, 15) is 10.1 Å². The first-order valence-corrected chi connectivity index (χ1v) is 8.55. The van der Waals surface area contributed by atoms with Crippen molar-refractivity contribution in [1.29, 1.82) is 5.26 Å². The molecule has 0 aliphatic carbocycles. The van der Waals surface area contributed by atoms with Crippen LogP contribution in [0.4, 0.5) is 0 Å². The lowest BCUT2D eigenvalue weighted by Gasteiger charge is -2.16. The minimum Gasteiger partial charge on any atom is -0.366 e. The molecule has 0 heterocycles. The Balaban J connectivity index is 2.81. The van der Waals surface area contributed by atoms with Crippen molar-refractivity contribution >= 4 is 34.7 Å². The largest absolute Gasteiger partial charge is 0.366 e. The first-order valence-electron chi connectivity index (χ1n) is 7.80. The lowest BCUT2D eigenvalue weighted by molar-refractivity contribution is -0.114. The van der Waals surface area contributed by atoms with Crippen molar-refractivity contribution in [2.45, 2.75) is 27.2 Å². The molecule has 0 bridgehead atoms. The van der Waals surface area contributed by atoms with E-state index in [1.807, 2.05) is 26.8 Å². The van der Waals surface area contributed by atoms with Gasteiger partial charge in [0.2, 0.25) is 5.91 Å². The summed E-state index contributed by atoms with van der Waals surface area (Å²) in [4.78, 5) is 11.7. The number of nitrogens with two attached hydrogens (primary N) is 1. The molecule has 0 saturated carbocycles. The topological polar surface area (TPSA) is 66.9 Å². The number of benzene rings is 2. The third-order valence-corrected chi connectivity index (χ3v) is 4.81. The average molecular weight is 373 g/mol. The van der Waals surface area contributed by atoms with Gasteiger partial charge < -0.3 is 5.73 Å². The zero-order chi connectivity index (χ0) is 18.7. The molecule has 0 atom stereocenters. The Morgan fingerprint density at radius 1 is 1.20 bits per heavy atom. The lowest BCUT2D eigenvalue weighted by atomic mass is 9.88. The van der Waals surface area contributed by atoms with Crippen LogP contribution >= 0.6 is 23.2 Å². The van der Waals surface area contributed by atoms with E-state index < -0.39 is 5.91 Å². The van der Waals surface area contributed by atoms with Gasteiger partial charge in [-0.05, 0) is 66.8 Å². The summed E-state index contributed by atoms with van der Waals surface area (Å²) in [6.45, 7) is 5.67. The third-order valence-electron chi connectivity index (χ3n) is 4.27. The molecular formula is C20H18Cl2N2O. The monoisotopic (exact) mass is 372 g/mol. The number of nitriles is 1. The van der Waals surface area contributed by atoms with E-state index >= 15 is 0 Å². The van der Waals surface area contributed by atoms with Gasteiger partial charge in [-0.1, -0.05) is 36.2 Å². The SMILES string of the molecule is CC/C(C(N)=O)=C(/C)c1cc(C#N)cc(-c2ccc(Cl)cc2Cl)c1C. The highest BCUT2D eigenvalue weighted by Crippen LogP contribution is 2.36. The number of carbonyl (C=O) groups excluding carboxylic acids is 1. The van der Waals surface area contributed by atoms with Crippen LogP contribution in [0.1, 0.15) is 37.0 Å². The van der Waals surface area contributed by atoms with Crippen molar-refractivity contribution < 1.29 is 4.79 Å². The first kappa shape index (κ1) is 19.1. The highest BCUT2D eigenvalue weighted by atomic mass is 35.5. The predicted molar refractivity (Wildman–Crippen MR) is 103 cm³/mol. The molecule has 0 fully saturated rings. The van der Waals surface area contributed by atoms with E-state index in [4.69, 9.17) is 28.9 Å². The molecule has 128 valence electrons. The summed E-state index contributed by atoms with van der Waals surface area (Å²) in [5.74, 6) is -0.451. The number of hydrogen-bond acceptors (Lipinski definition) is 2. The third kappa shape index (κ3) is 3.87. The predicted octanol–water partition coefficient (Wildman–Crippen LogP) is 5.51. The Labute approximate surface area is 157 Å². The maximum Gasteiger partial charge on any atom is 0.244 e. The molecule has 2 rings (SSSR count). The summed E-state index contributed by atoms with van der Waals surface area (Å²) < 4.78 is 0. The van der Waals surface area contributed by atoms with Gasteiger partial charge >= 0.3 is 0 Å². The highest BCUT2D eigenvalue weighted by Gasteiger charge is 2.16. The second-order valence-electron chi connectivity index (χ2n) is 5.75. The molecule has 25 heavy (non-hydrogen) atoms. The molecule has 0 spiro atoms. The summed E-state index contributed by atoms with van der Waals surface area (Å²) in [6.07, 6.45) is 0.522. The molecule has 2 aromatic rings. The van der Waals surface area contributed by atoms with E-state index in [1.165, 1.54) is 0 Å². The van der Waals surface area contributed by atoms with Crippen LogP contribution in [0, 0.1) is 18.3 Å². The molecule has 0 saturated heterocycles. The van der Waals surface area contributed by atoms with Crippen molar-refractivity contribution in [2.75, 3.05) is 0 Å². The van der Waals surface area contributed by atoms with Gasteiger partial charge in [0.1, 0.15) is 0 Å². The fraction of sp³-hybridized carbons (Fsp3) is 0.200. The second-order valence-corrected chi connectivity index (χ2v) is 6.60. The van der Waals surface area contributed by atoms with Gasteiger partial charge in [-0.25, -0.2) is 0 Å². The van der Waals surface area contributed by atoms with Crippen LogP contribution in [-0.2, 0) is 4.79 Å². The first-order chi connectivity index (χ1) is 11.8. The maximum atomic E-state index is 11.7. The summed E-state index contributed by atoms with van der Waals surface area (Å²) in [5.41, 5.74) is 10.7. The summed E-state index contributed by atoms with van der Waals surface area (Å²) >= 11 is 12.3. The minimum absolute atomic E-state index is 0.451. The Bertz CT molecular complexity index is 924. The number of hydrogen-bond donors (Lipinski definition) is 1. The molecule has 0 aliphatic heterocycles. The zero-order valence-electron chi connectivity index (χ0n) is 14.3. The number of allylic oxidation sites excluding steroid dienone is 1. The fourth-order valence-electron chi connectivity index (χ4n) is 2.94. The maximum absolute atomic E-state index is 11.7. The van der Waals surface area contributed by atoms with Crippen LogP contribution in [-0.4, -0.2) is 5.91 Å². The van der Waals surface area contributed by atoms with Crippen LogP contribution in [0.25, 0.3) is 16.7 Å². The lowest BCUT2D eigenvalue weighted by Crippen LogP contribution is -2.15. The molecule has 0 unspecified atom stereocenters. The number of primary amides is 1. The van der Waals surface area contributed by atoms with Crippen molar-refractivity contribution in [3.63, 3.8) is 0 Å². The Morgan fingerprint density at radius 3 is 2.40 bits per heavy atom. The van der Waals surface area contributed by atoms with Gasteiger partial charge in [-0.2, -0.15) is 5.26 Å². The second kappa shape index (κ2) is 7.74. The Kier molecular flexibility index (Phi) is 5.89. The number of halogens is 2. The summed E-state index contributed by atoms with van der Waals surface area (Å²) in [5, 5.41) is 10.5. The van der Waals surface area contributed by atoms with Crippen molar-refractivity contribution in [3.8, 4) is 17.2 Å². The molecule has 5 heteroatoms. The number of carbonyl (C=O) groups is 1. The molecule has 3 nitrogen and oxygen atoms in total. The van der Waals surface area contributed by atoms with E-state index in [1.54, 1.807) is 24.3 Å². The van der Waals surface area contributed by atoms with Crippen LogP contribution in [0.3, 0.4) is 0 Å². The van der Waals surface area contributed by atoms with Crippen molar-refractivity contribution in [2.24, 2.45) is 5.73 Å². The zero-order valence-corrected chi connectivity index (χ0v) is 15.8. The van der Waals surface area contributed by atoms with Gasteiger partial charge in [0.05, 0.1) is 11.6 Å². The van der Waals surface area contributed by atoms with Crippen molar-refractivity contribution in [1.82, 2.24) is 0 Å². The molecule has 2 aromatic carbocycles. The minimum atomic E-state index is -0.451. The Hall–Kier alpha value is -2.28. The van der Waals surface area contributed by atoms with Gasteiger partial charge in [0, 0.05) is 21.2 Å². The normalized spacial score (nSPS) is 11.7. The van der Waals surface area contributed by atoms with E-state index in [-0.39, 0.29) is 0 Å². The van der Waals surface area contributed by atoms with Crippen LogP contribution in [0.5, 0.6) is 0 Å². The van der Waals surface area contributed by atoms with Crippen molar-refractivity contribution in [3.05, 3.63) is 62.6 Å². The van der Waals surface area contributed by atoms with Crippen LogP contribution in [0.2, 0.25) is 10.0 Å². The number of rotatable bonds is 4. The average Bonchev–Trinajstić information content (AvgIpc) is 2.55. The highest BCUT2D eigenvalue weighted by molar-refractivity contribution is 6.36. The standard InChI is InChI=1S/C20H18Cl2N2O/c1-4-15(20(24)25)11(2)17-7-13(10-23)8-18(12(17)3)16-6-5-14(21)9-19(16)22/h5-9H,4H2,1-3H3,(H2,24,25)/b15-11+. The summed E-state index contributed by atoms with van der Waals surface area (Å²) in [7, 11) is 0. The molecule has 0 aromatic heterocycles. The van der Waals surface area contributed by atoms with Gasteiger partial charge in [0.15, 0.2) is 0 Å². The van der Waals surface area contributed by atoms with E-state index in [0.717, 1.165) is 27.8 Å². The number of amides is 1. The van der Waals surface area contributed by atoms with Gasteiger partial charge in [0.25, 0.3) is 0 Å². The molecule has 1 amide bonds. The number of nitrogens with zero attached hydrogens (tertiary/aromatic N) is 1.